The molecule has 0 saturated heterocycles. The quantitative estimate of drug-likeness (QED) is 0.750. The van der Waals surface area contributed by atoms with Crippen LogP contribution >= 0.6 is 0 Å². The number of nitriles is 1. The van der Waals surface area contributed by atoms with E-state index in [1.54, 1.807) is 0 Å². The highest BCUT2D eigenvalue weighted by molar-refractivity contribution is 7.92. The number of nitrogens with zero attached hydrogens (tertiary/aromatic N) is 2. The summed E-state index contributed by atoms with van der Waals surface area (Å²) in [6.45, 7) is 0. The van der Waals surface area contributed by atoms with E-state index < -0.39 is 10.0 Å². The molecule has 8 heteroatoms. The zero-order valence-electron chi connectivity index (χ0n) is 9.08. The van der Waals surface area contributed by atoms with Gasteiger partial charge in [-0.05, 0) is 24.3 Å². The van der Waals surface area contributed by atoms with E-state index in [0.29, 0.717) is 11.3 Å². The first-order valence-corrected chi connectivity index (χ1v) is 6.33. The van der Waals surface area contributed by atoms with E-state index in [1.807, 2.05) is 6.07 Å². The van der Waals surface area contributed by atoms with Crippen molar-refractivity contribution in [2.75, 3.05) is 10.5 Å². The van der Waals surface area contributed by atoms with Crippen molar-refractivity contribution in [1.29, 1.82) is 5.26 Å². The van der Waals surface area contributed by atoms with Crippen LogP contribution in [0.25, 0.3) is 0 Å². The number of sulfonamides is 1. The molecule has 2 aromatic rings. The first-order chi connectivity index (χ1) is 8.53. The minimum absolute atomic E-state index is 0.0313. The van der Waals surface area contributed by atoms with Crippen LogP contribution in [0.5, 0.6) is 0 Å². The largest absolute Gasteiger partial charge is 0.383 e. The van der Waals surface area contributed by atoms with E-state index in [1.165, 1.54) is 24.3 Å². The molecule has 1 heterocycles. The Labute approximate surface area is 103 Å². The topological polar surface area (TPSA) is 125 Å². The number of anilines is 2. The molecular formula is C10H9N5O2S. The lowest BCUT2D eigenvalue weighted by Crippen LogP contribution is -2.13. The number of nitrogens with two attached hydrogens (primary N) is 1. The van der Waals surface area contributed by atoms with Crippen molar-refractivity contribution in [3.8, 4) is 6.07 Å². The number of hydrogen-bond donors (Lipinski definition) is 3. The molecule has 0 aliphatic carbocycles. The van der Waals surface area contributed by atoms with Gasteiger partial charge in [-0.2, -0.15) is 10.4 Å². The highest BCUT2D eigenvalue weighted by Crippen LogP contribution is 2.19. The molecule has 2 rings (SSSR count). The number of nitrogen functional groups attached to an aromatic ring is 1. The average Bonchev–Trinajstić information content (AvgIpc) is 2.77. The first-order valence-electron chi connectivity index (χ1n) is 4.85. The van der Waals surface area contributed by atoms with Crippen LogP contribution in [0.2, 0.25) is 0 Å². The van der Waals surface area contributed by atoms with E-state index in [-0.39, 0.29) is 10.7 Å². The lowest BCUT2D eigenvalue weighted by atomic mass is 10.2. The molecule has 7 nitrogen and oxygen atoms in total. The summed E-state index contributed by atoms with van der Waals surface area (Å²) in [5, 5.41) is 14.5. The van der Waals surface area contributed by atoms with Crippen molar-refractivity contribution in [3.63, 3.8) is 0 Å². The average molecular weight is 263 g/mol. The van der Waals surface area contributed by atoms with Gasteiger partial charge in [-0.1, -0.05) is 0 Å². The molecule has 0 saturated carbocycles. The molecule has 0 spiro atoms. The molecule has 0 atom stereocenters. The zero-order valence-corrected chi connectivity index (χ0v) is 9.90. The van der Waals surface area contributed by atoms with Crippen LogP contribution < -0.4 is 10.5 Å². The van der Waals surface area contributed by atoms with Gasteiger partial charge < -0.3 is 5.73 Å². The lowest BCUT2D eigenvalue weighted by Gasteiger charge is -2.06. The maximum absolute atomic E-state index is 11.9. The number of benzene rings is 1. The third kappa shape index (κ3) is 2.26. The number of aromatic amines is 1. The fraction of sp³-hybridized carbons (Fsp3) is 0. The van der Waals surface area contributed by atoms with E-state index in [4.69, 9.17) is 11.0 Å². The van der Waals surface area contributed by atoms with Crippen molar-refractivity contribution < 1.29 is 8.42 Å². The Balaban J connectivity index is 2.28. The Hall–Kier alpha value is -2.53. The maximum atomic E-state index is 11.9. The maximum Gasteiger partial charge on any atom is 0.267 e. The van der Waals surface area contributed by atoms with Gasteiger partial charge in [0, 0.05) is 5.69 Å². The van der Waals surface area contributed by atoms with Gasteiger partial charge in [0.05, 0.1) is 17.8 Å². The summed E-state index contributed by atoms with van der Waals surface area (Å²) in [5.41, 5.74) is 6.23. The van der Waals surface area contributed by atoms with Gasteiger partial charge in [0.15, 0.2) is 0 Å². The van der Waals surface area contributed by atoms with Crippen LogP contribution in [0.4, 0.5) is 11.5 Å². The van der Waals surface area contributed by atoms with Crippen molar-refractivity contribution in [3.05, 3.63) is 36.0 Å². The molecule has 18 heavy (non-hydrogen) atoms. The molecule has 0 aliphatic heterocycles. The van der Waals surface area contributed by atoms with Crippen molar-refractivity contribution in [2.24, 2.45) is 0 Å². The molecule has 4 N–H and O–H groups in total. The van der Waals surface area contributed by atoms with Crippen LogP contribution in [-0.2, 0) is 10.0 Å². The Kier molecular flexibility index (Phi) is 2.91. The zero-order chi connectivity index (χ0) is 13.2. The summed E-state index contributed by atoms with van der Waals surface area (Å²) in [4.78, 5) is -0.119. The highest BCUT2D eigenvalue weighted by Gasteiger charge is 2.19. The molecule has 0 unspecified atom stereocenters. The van der Waals surface area contributed by atoms with Crippen molar-refractivity contribution in [2.45, 2.75) is 4.90 Å². The monoisotopic (exact) mass is 263 g/mol. The van der Waals surface area contributed by atoms with Gasteiger partial charge in [-0.15, -0.1) is 0 Å². The summed E-state index contributed by atoms with van der Waals surface area (Å²) in [6, 6.07) is 7.95. The van der Waals surface area contributed by atoms with Gasteiger partial charge in [-0.3, -0.25) is 9.82 Å². The van der Waals surface area contributed by atoms with Gasteiger partial charge in [0.1, 0.15) is 10.7 Å². The van der Waals surface area contributed by atoms with Crippen LogP contribution in [0, 0.1) is 11.3 Å². The second-order valence-corrected chi connectivity index (χ2v) is 5.09. The predicted octanol–water partition coefficient (Wildman–Crippen LogP) is 0.664. The van der Waals surface area contributed by atoms with Gasteiger partial charge in [0.25, 0.3) is 10.0 Å². The van der Waals surface area contributed by atoms with E-state index in [9.17, 15) is 8.42 Å². The minimum atomic E-state index is -3.77. The third-order valence-corrected chi connectivity index (χ3v) is 3.60. The Bertz CT molecular complexity index is 697. The second kappa shape index (κ2) is 4.38. The molecule has 1 aromatic carbocycles. The van der Waals surface area contributed by atoms with Gasteiger partial charge in [0.2, 0.25) is 0 Å². The first kappa shape index (κ1) is 11.9. The number of rotatable bonds is 3. The minimum Gasteiger partial charge on any atom is -0.383 e. The van der Waals surface area contributed by atoms with Crippen LogP contribution in [0.1, 0.15) is 5.56 Å². The standard InChI is InChI=1S/C10H9N5O2S/c11-5-7-1-3-8(4-2-7)15-18(16,17)9-6-13-14-10(9)12/h1-4,6,15H,(H3,12,13,14). The summed E-state index contributed by atoms with van der Waals surface area (Å²) in [5.74, 6) is -0.0313. The highest BCUT2D eigenvalue weighted by atomic mass is 32.2. The summed E-state index contributed by atoms with van der Waals surface area (Å²) in [7, 11) is -3.77. The molecule has 0 radical (unpaired) electrons. The molecule has 0 aliphatic rings. The van der Waals surface area contributed by atoms with Crippen molar-refractivity contribution >= 4 is 21.5 Å². The van der Waals surface area contributed by atoms with E-state index in [2.05, 4.69) is 14.9 Å². The number of H-pyrrole nitrogens is 1. The van der Waals surface area contributed by atoms with E-state index >= 15 is 0 Å². The normalized spacial score (nSPS) is 10.8. The fourth-order valence-corrected chi connectivity index (χ4v) is 2.41. The van der Waals surface area contributed by atoms with Crippen LogP contribution in [-0.4, -0.2) is 18.6 Å². The summed E-state index contributed by atoms with van der Waals surface area (Å²) in [6.07, 6.45) is 1.13. The predicted molar refractivity (Wildman–Crippen MR) is 65.0 cm³/mol. The van der Waals surface area contributed by atoms with Crippen LogP contribution in [0.3, 0.4) is 0 Å². The molecule has 1 aromatic heterocycles. The molecule has 0 fully saturated rings. The summed E-state index contributed by atoms with van der Waals surface area (Å²) >= 11 is 0. The molecule has 92 valence electrons. The van der Waals surface area contributed by atoms with Gasteiger partial charge >= 0.3 is 0 Å². The Morgan fingerprint density at radius 1 is 1.33 bits per heavy atom. The number of nitrogens with one attached hydrogen (secondary N) is 2. The Morgan fingerprint density at radius 3 is 2.50 bits per heavy atom. The molecular weight excluding hydrogens is 254 g/mol. The van der Waals surface area contributed by atoms with Crippen molar-refractivity contribution in [1.82, 2.24) is 10.2 Å². The molecule has 0 bridgehead atoms. The number of hydrogen-bond acceptors (Lipinski definition) is 5. The number of aromatic nitrogens is 2. The summed E-state index contributed by atoms with van der Waals surface area (Å²) < 4.78 is 26.2. The van der Waals surface area contributed by atoms with Crippen LogP contribution in [0.15, 0.2) is 35.4 Å². The molecule has 0 amide bonds. The fourth-order valence-electron chi connectivity index (χ4n) is 1.32. The third-order valence-electron chi connectivity index (χ3n) is 2.19. The second-order valence-electron chi connectivity index (χ2n) is 3.44. The van der Waals surface area contributed by atoms with Gasteiger partial charge in [-0.25, -0.2) is 8.42 Å². The lowest BCUT2D eigenvalue weighted by molar-refractivity contribution is 0.601. The Morgan fingerprint density at radius 2 is 2.00 bits per heavy atom. The van der Waals surface area contributed by atoms with E-state index in [0.717, 1.165) is 6.20 Å². The smallest absolute Gasteiger partial charge is 0.267 e. The SMILES string of the molecule is N#Cc1ccc(NS(=O)(=O)c2cn[nH]c2N)cc1.